The van der Waals surface area contributed by atoms with Crippen molar-refractivity contribution in [2.45, 2.75) is 127 Å². The Morgan fingerprint density at radius 2 is 1.21 bits per heavy atom. The van der Waals surface area contributed by atoms with Crippen LogP contribution in [0.5, 0.6) is 0 Å². The van der Waals surface area contributed by atoms with Crippen LogP contribution in [0.25, 0.3) is 75.7 Å². The molecule has 4 heterocycles. The van der Waals surface area contributed by atoms with Gasteiger partial charge in [-0.15, -0.1) is 11.3 Å². The third-order valence-electron chi connectivity index (χ3n) is 19.9. The predicted molar refractivity (Wildman–Crippen MR) is 309 cm³/mol. The van der Waals surface area contributed by atoms with E-state index in [1.165, 1.54) is 198 Å². The third-order valence-corrected chi connectivity index (χ3v) is 21.1. The van der Waals surface area contributed by atoms with Crippen molar-refractivity contribution < 1.29 is 0 Å². The molecule has 4 bridgehead atoms. The topological polar surface area (TPSA) is 8.17 Å². The molecule has 8 aromatic carbocycles. The maximum absolute atomic E-state index is 2.90. The second-order valence-corrected chi connectivity index (χ2v) is 25.8. The van der Waals surface area contributed by atoms with Crippen LogP contribution < -0.4 is 15.1 Å². The molecular formula is C68H63BN2S. The molecular weight excluding hydrogens is 888 g/mol. The Balaban J connectivity index is 1.07. The number of hydrogen-bond acceptors (Lipinski definition) is 2. The van der Waals surface area contributed by atoms with Gasteiger partial charge in [-0.25, -0.2) is 0 Å². The lowest BCUT2D eigenvalue weighted by Gasteiger charge is -2.46. The Morgan fingerprint density at radius 1 is 0.542 bits per heavy atom. The van der Waals surface area contributed by atoms with Crippen molar-refractivity contribution in [2.24, 2.45) is 11.8 Å². The van der Waals surface area contributed by atoms with E-state index in [0.717, 1.165) is 11.8 Å². The molecule has 16 rings (SSSR count). The fraction of sp³-hybridized carbons (Fsp3) is 0.324. The first-order valence-corrected chi connectivity index (χ1v) is 28.7. The Kier molecular flexibility index (Phi) is 8.97. The van der Waals surface area contributed by atoms with Gasteiger partial charge in [0.2, 0.25) is 0 Å². The number of anilines is 3. The highest BCUT2D eigenvalue weighted by Crippen LogP contribution is 2.58. The summed E-state index contributed by atoms with van der Waals surface area (Å²) in [4.78, 5) is 2.79. The quantitative estimate of drug-likeness (QED) is 0.160. The summed E-state index contributed by atoms with van der Waals surface area (Å²) in [5.74, 6) is 1.74. The molecule has 0 atom stereocenters. The Morgan fingerprint density at radius 3 is 1.94 bits per heavy atom. The molecule has 10 aromatic rings. The van der Waals surface area contributed by atoms with Crippen molar-refractivity contribution in [3.63, 3.8) is 0 Å². The van der Waals surface area contributed by atoms with Crippen LogP contribution in [0.4, 0.5) is 17.1 Å². The Labute approximate surface area is 429 Å². The molecule has 0 amide bonds. The summed E-state index contributed by atoms with van der Waals surface area (Å²) in [5, 5.41) is 9.63. The maximum atomic E-state index is 2.90. The molecule has 6 aliphatic rings. The fourth-order valence-electron chi connectivity index (χ4n) is 16.6. The smallest absolute Gasteiger partial charge is 0.343 e. The van der Waals surface area contributed by atoms with E-state index in [1.807, 2.05) is 11.3 Å². The largest absolute Gasteiger partial charge is 0.375 e. The first-order valence-electron chi connectivity index (χ1n) is 27.9. The van der Waals surface area contributed by atoms with E-state index in [1.54, 1.807) is 11.1 Å². The van der Waals surface area contributed by atoms with Gasteiger partial charge in [0.05, 0.1) is 17.1 Å². The summed E-state index contributed by atoms with van der Waals surface area (Å²) in [6.45, 7) is 7.08. The molecule has 0 unspecified atom stereocenters. The molecule has 0 N–H and O–H groups in total. The third kappa shape index (κ3) is 5.91. The van der Waals surface area contributed by atoms with E-state index in [4.69, 9.17) is 0 Å². The molecule has 0 radical (unpaired) electrons. The van der Waals surface area contributed by atoms with Crippen LogP contribution in [-0.4, -0.2) is 11.3 Å². The van der Waals surface area contributed by atoms with E-state index in [9.17, 15) is 0 Å². The summed E-state index contributed by atoms with van der Waals surface area (Å²) in [5.41, 5.74) is 18.8. The molecule has 354 valence electrons. The minimum absolute atomic E-state index is 0.000878. The van der Waals surface area contributed by atoms with Crippen LogP contribution in [0.1, 0.15) is 127 Å². The van der Waals surface area contributed by atoms with Crippen LogP contribution in [-0.2, 0) is 16.2 Å². The second kappa shape index (κ2) is 15.2. The van der Waals surface area contributed by atoms with Gasteiger partial charge in [-0.05, 0) is 165 Å². The van der Waals surface area contributed by atoms with Crippen LogP contribution in [0.2, 0.25) is 0 Å². The molecule has 0 saturated heterocycles. The molecule has 72 heavy (non-hydrogen) atoms. The van der Waals surface area contributed by atoms with Gasteiger partial charge in [-0.2, -0.15) is 0 Å². The predicted octanol–water partition coefficient (Wildman–Crippen LogP) is 17.9. The van der Waals surface area contributed by atoms with Crippen LogP contribution in [0, 0.1) is 11.8 Å². The highest BCUT2D eigenvalue weighted by Gasteiger charge is 2.49. The SMILES string of the molecule is CC(C)(C)c1ccc(N2c3c4c(cc5ccccc35)-c3cc(C56CCCC(CCC5)C6)cc5c6cc(C78CCCC(CCC7)C8)ccc6n(c35)B4c3sc4ccc5ccccc5c4c32)c(-c2ccccc2)c1. The summed E-state index contributed by atoms with van der Waals surface area (Å²) in [6.07, 6.45) is 19.2. The van der Waals surface area contributed by atoms with E-state index in [-0.39, 0.29) is 17.7 Å². The lowest BCUT2D eigenvalue weighted by atomic mass is 9.48. The Hall–Kier alpha value is -6.10. The van der Waals surface area contributed by atoms with Crippen LogP contribution in [0.15, 0.2) is 146 Å². The molecule has 2 aliphatic heterocycles. The Bertz CT molecular complexity index is 3900. The zero-order valence-corrected chi connectivity index (χ0v) is 43.1. The first-order chi connectivity index (χ1) is 35.2. The van der Waals surface area contributed by atoms with E-state index in [2.05, 4.69) is 176 Å². The van der Waals surface area contributed by atoms with E-state index >= 15 is 0 Å². The van der Waals surface area contributed by atoms with Crippen LogP contribution in [0.3, 0.4) is 0 Å². The van der Waals surface area contributed by atoms with Gasteiger partial charge in [0.25, 0.3) is 0 Å². The van der Waals surface area contributed by atoms with Crippen molar-refractivity contribution in [3.8, 4) is 22.3 Å². The standard InChI is InChI=1S/C68H63BN2S/c1-66(2,3)47-26-28-57(52(36-47)44-19-5-4-6-20-44)70-63-51-24-10-8-22-46(51)35-54-56-39-49(68-33-13-17-43(41-68)18-14-34-68)38-55-53-37-48(67-31-11-15-42(40-67)16-12-32-67)27-29-58(53)71(62(55)56)69(61(54)63)65-64(70)60-50-23-9-7-21-45(50)25-30-59(60)72-65/h4-10,19-30,35-39,42-43H,11-18,31-34,40-41H2,1-3H3. The molecule has 2 aromatic heterocycles. The van der Waals surface area contributed by atoms with Crippen molar-refractivity contribution >= 4 is 98.9 Å². The highest BCUT2D eigenvalue weighted by molar-refractivity contribution is 7.32. The monoisotopic (exact) mass is 950 g/mol. The number of rotatable bonds is 4. The van der Waals surface area contributed by atoms with Gasteiger partial charge >= 0.3 is 6.85 Å². The van der Waals surface area contributed by atoms with Crippen molar-refractivity contribution in [3.05, 3.63) is 162 Å². The zero-order valence-electron chi connectivity index (χ0n) is 42.3. The van der Waals surface area contributed by atoms with Crippen LogP contribution >= 0.6 is 11.3 Å². The summed E-state index contributed by atoms with van der Waals surface area (Å²) >= 11 is 2.05. The number of fused-ring (bicyclic) bond motifs is 17. The van der Waals surface area contributed by atoms with Gasteiger partial charge in [0, 0.05) is 53.2 Å². The van der Waals surface area contributed by atoms with E-state index < -0.39 is 0 Å². The van der Waals surface area contributed by atoms with Gasteiger partial charge in [-0.3, -0.25) is 0 Å². The summed E-state index contributed by atoms with van der Waals surface area (Å²) < 4.78 is 5.70. The number of thiophene rings is 1. The average molecular weight is 951 g/mol. The fourth-order valence-corrected chi connectivity index (χ4v) is 17.9. The number of benzene rings is 8. The molecule has 4 saturated carbocycles. The number of hydrogen-bond donors (Lipinski definition) is 0. The zero-order chi connectivity index (χ0) is 47.7. The number of nitrogens with zero attached hydrogens (tertiary/aromatic N) is 2. The summed E-state index contributed by atoms with van der Waals surface area (Å²) in [7, 11) is 0. The number of aromatic nitrogens is 1. The van der Waals surface area contributed by atoms with Crippen molar-refractivity contribution in [2.75, 3.05) is 4.90 Å². The molecule has 4 heteroatoms. The molecule has 4 aliphatic carbocycles. The van der Waals surface area contributed by atoms with E-state index in [0.29, 0.717) is 5.41 Å². The summed E-state index contributed by atoms with van der Waals surface area (Å²) in [6, 6.07) is 58.3. The lowest BCUT2D eigenvalue weighted by molar-refractivity contribution is 0.149. The molecule has 4 fully saturated rings. The molecule has 2 nitrogen and oxygen atoms in total. The second-order valence-electron chi connectivity index (χ2n) is 24.8. The molecule has 0 spiro atoms. The van der Waals surface area contributed by atoms with Crippen molar-refractivity contribution in [1.82, 2.24) is 4.48 Å². The van der Waals surface area contributed by atoms with Gasteiger partial charge in [-0.1, -0.05) is 169 Å². The average Bonchev–Trinajstić information content (AvgIpc) is 3.97. The normalized spacial score (nSPS) is 23.3. The lowest BCUT2D eigenvalue weighted by Crippen LogP contribution is -2.55. The van der Waals surface area contributed by atoms with Gasteiger partial charge in [0.1, 0.15) is 0 Å². The highest BCUT2D eigenvalue weighted by atomic mass is 32.1. The van der Waals surface area contributed by atoms with Crippen molar-refractivity contribution in [1.29, 1.82) is 0 Å². The first kappa shape index (κ1) is 42.4. The minimum atomic E-state index is -0.0161. The maximum Gasteiger partial charge on any atom is 0.343 e. The minimum Gasteiger partial charge on any atom is -0.375 e. The van der Waals surface area contributed by atoms with Gasteiger partial charge < -0.3 is 9.38 Å². The van der Waals surface area contributed by atoms with Gasteiger partial charge in [0.15, 0.2) is 0 Å².